The first-order valence-electron chi connectivity index (χ1n) is 5.19. The predicted octanol–water partition coefficient (Wildman–Crippen LogP) is 3.30. The average molecular weight is 229 g/mol. The van der Waals surface area contributed by atoms with E-state index in [1.807, 2.05) is 24.3 Å². The fraction of sp³-hybridized carbons (Fsp3) is 0.143. The summed E-state index contributed by atoms with van der Waals surface area (Å²) >= 11 is 0. The van der Waals surface area contributed by atoms with Gasteiger partial charge in [-0.1, -0.05) is 12.1 Å². The molecular weight excluding hydrogens is 216 g/mol. The van der Waals surface area contributed by atoms with Crippen LogP contribution >= 0.6 is 0 Å². The zero-order valence-electron chi connectivity index (χ0n) is 9.77. The van der Waals surface area contributed by atoms with E-state index in [0.29, 0.717) is 17.2 Å². The summed E-state index contributed by atoms with van der Waals surface area (Å²) in [6.07, 6.45) is 0. The van der Waals surface area contributed by atoms with Gasteiger partial charge in [-0.3, -0.25) is 0 Å². The van der Waals surface area contributed by atoms with Gasteiger partial charge in [-0.05, 0) is 30.3 Å². The summed E-state index contributed by atoms with van der Waals surface area (Å²) in [7, 11) is 3.22. The zero-order valence-corrected chi connectivity index (χ0v) is 9.77. The van der Waals surface area contributed by atoms with Crippen molar-refractivity contribution in [1.82, 2.24) is 0 Å². The molecule has 0 amide bonds. The van der Waals surface area contributed by atoms with Crippen LogP contribution in [0, 0.1) is 6.07 Å². The van der Waals surface area contributed by atoms with Gasteiger partial charge < -0.3 is 14.2 Å². The zero-order chi connectivity index (χ0) is 12.1. The molecule has 0 aliphatic heterocycles. The Morgan fingerprint density at radius 3 is 2.47 bits per heavy atom. The van der Waals surface area contributed by atoms with Crippen molar-refractivity contribution in [1.29, 1.82) is 0 Å². The Labute approximate surface area is 101 Å². The van der Waals surface area contributed by atoms with Gasteiger partial charge in [0, 0.05) is 6.07 Å². The molecule has 87 valence electrons. The minimum atomic E-state index is 0.617. The van der Waals surface area contributed by atoms with Crippen molar-refractivity contribution in [3.8, 4) is 23.0 Å². The lowest BCUT2D eigenvalue weighted by molar-refractivity contribution is 0.371. The van der Waals surface area contributed by atoms with E-state index >= 15 is 0 Å². The summed E-state index contributed by atoms with van der Waals surface area (Å²) in [6, 6.07) is 15.7. The van der Waals surface area contributed by atoms with E-state index in [9.17, 15) is 0 Å². The molecule has 0 fully saturated rings. The molecule has 0 atom stereocenters. The van der Waals surface area contributed by atoms with Crippen molar-refractivity contribution in [2.75, 3.05) is 14.2 Å². The lowest BCUT2D eigenvalue weighted by Crippen LogP contribution is -1.91. The third kappa shape index (κ3) is 2.69. The van der Waals surface area contributed by atoms with E-state index in [1.54, 1.807) is 32.4 Å². The molecule has 1 radical (unpaired) electrons. The van der Waals surface area contributed by atoms with Crippen LogP contribution in [0.4, 0.5) is 0 Å². The lowest BCUT2D eigenvalue weighted by atomic mass is 10.3. The first-order valence-corrected chi connectivity index (χ1v) is 5.19. The predicted molar refractivity (Wildman–Crippen MR) is 64.9 cm³/mol. The second-order valence-corrected chi connectivity index (χ2v) is 3.36. The largest absolute Gasteiger partial charge is 0.497 e. The maximum Gasteiger partial charge on any atom is 0.172 e. The van der Waals surface area contributed by atoms with Crippen molar-refractivity contribution < 1.29 is 14.2 Å². The van der Waals surface area contributed by atoms with Crippen LogP contribution in [-0.4, -0.2) is 14.2 Å². The van der Waals surface area contributed by atoms with E-state index < -0.39 is 0 Å². The Morgan fingerprint density at radius 1 is 0.941 bits per heavy atom. The quantitative estimate of drug-likeness (QED) is 0.805. The second kappa shape index (κ2) is 5.25. The molecule has 0 N–H and O–H groups in total. The highest BCUT2D eigenvalue weighted by Crippen LogP contribution is 2.34. The Bertz CT molecular complexity index is 480. The van der Waals surface area contributed by atoms with Crippen LogP contribution < -0.4 is 14.2 Å². The molecule has 0 aromatic heterocycles. The first-order chi connectivity index (χ1) is 8.33. The van der Waals surface area contributed by atoms with Crippen molar-refractivity contribution in [2.24, 2.45) is 0 Å². The highest BCUT2D eigenvalue weighted by molar-refractivity contribution is 5.47. The minimum absolute atomic E-state index is 0.617. The monoisotopic (exact) mass is 229 g/mol. The van der Waals surface area contributed by atoms with Crippen LogP contribution in [0.5, 0.6) is 23.0 Å². The third-order valence-electron chi connectivity index (χ3n) is 2.28. The second-order valence-electron chi connectivity index (χ2n) is 3.36. The van der Waals surface area contributed by atoms with E-state index in [4.69, 9.17) is 14.2 Å². The number of benzene rings is 2. The number of methoxy groups -OCH3 is 2. The summed E-state index contributed by atoms with van der Waals surface area (Å²) in [6.45, 7) is 0. The van der Waals surface area contributed by atoms with Crippen LogP contribution in [0.25, 0.3) is 0 Å². The molecule has 2 aromatic rings. The molecule has 3 heteroatoms. The van der Waals surface area contributed by atoms with Gasteiger partial charge in [-0.15, -0.1) is 0 Å². The molecule has 17 heavy (non-hydrogen) atoms. The van der Waals surface area contributed by atoms with Gasteiger partial charge in [0.05, 0.1) is 14.2 Å². The van der Waals surface area contributed by atoms with Crippen molar-refractivity contribution >= 4 is 0 Å². The van der Waals surface area contributed by atoms with Gasteiger partial charge in [0.1, 0.15) is 11.5 Å². The molecule has 2 aromatic carbocycles. The molecule has 3 nitrogen and oxygen atoms in total. The Morgan fingerprint density at radius 2 is 1.82 bits per heavy atom. The van der Waals surface area contributed by atoms with Gasteiger partial charge in [0.25, 0.3) is 0 Å². The maximum absolute atomic E-state index is 5.71. The van der Waals surface area contributed by atoms with Crippen LogP contribution in [0.3, 0.4) is 0 Å². The van der Waals surface area contributed by atoms with Crippen LogP contribution in [0.2, 0.25) is 0 Å². The van der Waals surface area contributed by atoms with Gasteiger partial charge in [-0.2, -0.15) is 0 Å². The highest BCUT2D eigenvalue weighted by Gasteiger charge is 2.07. The van der Waals surface area contributed by atoms with Crippen LogP contribution in [-0.2, 0) is 0 Å². The molecule has 2 rings (SSSR count). The number of rotatable bonds is 4. The highest BCUT2D eigenvalue weighted by atomic mass is 16.5. The molecule has 0 saturated carbocycles. The van der Waals surface area contributed by atoms with Gasteiger partial charge in [-0.25, -0.2) is 0 Å². The van der Waals surface area contributed by atoms with E-state index in [-0.39, 0.29) is 0 Å². The lowest BCUT2D eigenvalue weighted by Gasteiger charge is -2.11. The molecule has 0 spiro atoms. The van der Waals surface area contributed by atoms with Gasteiger partial charge >= 0.3 is 0 Å². The average Bonchev–Trinajstić information content (AvgIpc) is 2.40. The summed E-state index contributed by atoms with van der Waals surface area (Å²) in [4.78, 5) is 0. The summed E-state index contributed by atoms with van der Waals surface area (Å²) in [5.74, 6) is 2.71. The first kappa shape index (κ1) is 11.3. The topological polar surface area (TPSA) is 27.7 Å². The molecule has 0 aliphatic rings. The fourth-order valence-electron chi connectivity index (χ4n) is 1.43. The van der Waals surface area contributed by atoms with Crippen LogP contribution in [0.1, 0.15) is 0 Å². The van der Waals surface area contributed by atoms with E-state index in [1.165, 1.54) is 0 Å². The van der Waals surface area contributed by atoms with Gasteiger partial charge in [0.2, 0.25) is 0 Å². The molecule has 0 aliphatic carbocycles. The summed E-state index contributed by atoms with van der Waals surface area (Å²) in [5.41, 5.74) is 0. The summed E-state index contributed by atoms with van der Waals surface area (Å²) < 4.78 is 16.1. The Kier molecular flexibility index (Phi) is 3.50. The smallest absolute Gasteiger partial charge is 0.172 e. The van der Waals surface area contributed by atoms with Crippen molar-refractivity contribution in [2.45, 2.75) is 0 Å². The normalized spacial score (nSPS) is 9.76. The van der Waals surface area contributed by atoms with E-state index in [2.05, 4.69) is 6.07 Å². The maximum atomic E-state index is 5.71. The number of hydrogen-bond donors (Lipinski definition) is 0. The molecule has 0 bridgehead atoms. The number of hydrogen-bond acceptors (Lipinski definition) is 3. The Hall–Kier alpha value is -2.16. The minimum Gasteiger partial charge on any atom is -0.497 e. The number of ether oxygens (including phenoxy) is 3. The van der Waals surface area contributed by atoms with Gasteiger partial charge in [0.15, 0.2) is 11.5 Å². The van der Waals surface area contributed by atoms with Crippen molar-refractivity contribution in [3.63, 3.8) is 0 Å². The fourth-order valence-corrected chi connectivity index (χ4v) is 1.43. The van der Waals surface area contributed by atoms with E-state index in [0.717, 1.165) is 5.75 Å². The van der Waals surface area contributed by atoms with Crippen LogP contribution in [0.15, 0.2) is 42.5 Å². The molecule has 0 saturated heterocycles. The molecule has 0 unspecified atom stereocenters. The SMILES string of the molecule is COc1ccc(OC)c(Oc2c[c]ccc2)c1. The molecule has 0 heterocycles. The van der Waals surface area contributed by atoms with Crippen molar-refractivity contribution in [3.05, 3.63) is 48.5 Å². The summed E-state index contributed by atoms with van der Waals surface area (Å²) in [5, 5.41) is 0. The standard InChI is InChI=1S/C14H13O3/c1-15-12-8-9-13(16-2)14(10-12)17-11-6-4-3-5-7-11/h3-4,6-10H,1-2H3. The molecular formula is C14H13O3. The Balaban J connectivity index is 2.30. The third-order valence-corrected chi connectivity index (χ3v) is 2.28.